The number of methoxy groups -OCH3 is 1. The molecule has 9 nitrogen and oxygen atoms in total. The number of piperidine rings is 1. The molecule has 0 spiro atoms. The molecule has 4 aromatic rings. The van der Waals surface area contributed by atoms with Crippen LogP contribution in [0.3, 0.4) is 0 Å². The summed E-state index contributed by atoms with van der Waals surface area (Å²) < 4.78 is 62.8. The average molecular weight is 649 g/mol. The first kappa shape index (κ1) is 30.9. The molecule has 7 rings (SSSR count). The quantitative estimate of drug-likeness (QED) is 0.199. The van der Waals surface area contributed by atoms with Crippen LogP contribution >= 0.6 is 0 Å². The Balaban J connectivity index is 1.01. The summed E-state index contributed by atoms with van der Waals surface area (Å²) in [5, 5.41) is 3.55. The van der Waals surface area contributed by atoms with E-state index in [1.165, 1.54) is 19.2 Å². The van der Waals surface area contributed by atoms with E-state index in [4.69, 9.17) is 23.6 Å². The summed E-state index contributed by atoms with van der Waals surface area (Å²) in [6, 6.07) is 15.0. The minimum absolute atomic E-state index is 0.0293. The molecule has 2 saturated heterocycles. The summed E-state index contributed by atoms with van der Waals surface area (Å²) in [5.41, 5.74) is 3.25. The van der Waals surface area contributed by atoms with Crippen LogP contribution in [0.2, 0.25) is 0 Å². The van der Waals surface area contributed by atoms with Crippen molar-refractivity contribution in [3.63, 3.8) is 0 Å². The molecule has 0 radical (unpaired) electrons. The molecular weight excluding hydrogens is 613 g/mol. The number of hydrogen-bond acceptors (Lipinski definition) is 9. The second-order valence-corrected chi connectivity index (χ2v) is 12.1. The molecule has 1 atom stereocenters. The van der Waals surface area contributed by atoms with E-state index in [1.807, 2.05) is 24.3 Å². The van der Waals surface area contributed by atoms with E-state index < -0.39 is 11.7 Å². The van der Waals surface area contributed by atoms with Crippen LogP contribution in [0.5, 0.6) is 5.88 Å². The predicted octanol–water partition coefficient (Wildman–Crippen LogP) is 7.22. The van der Waals surface area contributed by atoms with Gasteiger partial charge in [0.25, 0.3) is 0 Å². The highest BCUT2D eigenvalue weighted by Gasteiger charge is 2.34. The van der Waals surface area contributed by atoms with Gasteiger partial charge in [-0.1, -0.05) is 12.1 Å². The van der Waals surface area contributed by atoms with Gasteiger partial charge in [0.05, 0.1) is 42.3 Å². The summed E-state index contributed by atoms with van der Waals surface area (Å²) in [7, 11) is 1.38. The number of carbonyl (C=O) groups is 1. The fourth-order valence-electron chi connectivity index (χ4n) is 6.42. The smallest absolute Gasteiger partial charge is 0.417 e. The molecule has 12 heteroatoms. The number of aryl methyl sites for hydroxylation is 1. The number of fused-ring (bicyclic) bond motifs is 2. The van der Waals surface area contributed by atoms with Gasteiger partial charge in [-0.25, -0.2) is 9.78 Å². The van der Waals surface area contributed by atoms with Gasteiger partial charge in [-0.3, -0.25) is 0 Å². The lowest BCUT2D eigenvalue weighted by Crippen LogP contribution is -2.40. The van der Waals surface area contributed by atoms with Gasteiger partial charge in [0.15, 0.2) is 0 Å². The zero-order valence-electron chi connectivity index (χ0n) is 26.1. The molecule has 246 valence electrons. The van der Waals surface area contributed by atoms with Crippen molar-refractivity contribution < 1.29 is 36.6 Å². The minimum atomic E-state index is -4.48. The van der Waals surface area contributed by atoms with Crippen LogP contribution in [0.1, 0.15) is 58.1 Å². The molecule has 1 N–H and O–H groups in total. The van der Waals surface area contributed by atoms with Crippen LogP contribution in [-0.4, -0.2) is 55.3 Å². The largest absolute Gasteiger partial charge is 0.473 e. The summed E-state index contributed by atoms with van der Waals surface area (Å²) in [6.07, 6.45) is 0.560. The van der Waals surface area contributed by atoms with Crippen LogP contribution in [0.4, 0.5) is 24.5 Å². The van der Waals surface area contributed by atoms with Crippen LogP contribution in [0, 0.1) is 6.92 Å². The molecule has 0 unspecified atom stereocenters. The number of hydrogen-bond donors (Lipinski definition) is 1. The molecule has 3 aliphatic heterocycles. The van der Waals surface area contributed by atoms with Crippen molar-refractivity contribution in [3.05, 3.63) is 94.8 Å². The number of esters is 1. The third-order valence-electron chi connectivity index (χ3n) is 9.01. The van der Waals surface area contributed by atoms with Gasteiger partial charge >= 0.3 is 12.1 Å². The van der Waals surface area contributed by atoms with Crippen LogP contribution in [0.25, 0.3) is 11.0 Å². The van der Waals surface area contributed by atoms with Gasteiger partial charge < -0.3 is 33.7 Å². The highest BCUT2D eigenvalue weighted by Crippen LogP contribution is 2.40. The molecule has 3 aliphatic rings. The molecule has 2 aromatic heterocycles. The van der Waals surface area contributed by atoms with Crippen LogP contribution in [-0.2, 0) is 22.3 Å². The summed E-state index contributed by atoms with van der Waals surface area (Å²) >= 11 is 0. The Morgan fingerprint density at radius 3 is 2.64 bits per heavy atom. The van der Waals surface area contributed by atoms with Crippen molar-refractivity contribution in [3.8, 4) is 5.88 Å². The van der Waals surface area contributed by atoms with E-state index in [0.717, 1.165) is 67.9 Å². The normalized spacial score (nSPS) is 19.1. The third kappa shape index (κ3) is 6.34. The van der Waals surface area contributed by atoms with Gasteiger partial charge in [-0.05, 0) is 62.6 Å². The zero-order chi connectivity index (χ0) is 32.7. The first-order chi connectivity index (χ1) is 22.7. The lowest BCUT2D eigenvalue weighted by atomic mass is 9.93. The number of benzene rings is 2. The van der Waals surface area contributed by atoms with Gasteiger partial charge in [0.1, 0.15) is 23.8 Å². The number of likely N-dealkylation sites (tertiary alicyclic amines) is 1. The van der Waals surface area contributed by atoms with Crippen LogP contribution in [0.15, 0.2) is 71.0 Å². The number of anilines is 2. The Bertz CT molecular complexity index is 1830. The molecule has 2 aromatic carbocycles. The second-order valence-electron chi connectivity index (χ2n) is 12.1. The number of furan rings is 1. The maximum atomic E-state index is 13.5. The van der Waals surface area contributed by atoms with Gasteiger partial charge in [-0.2, -0.15) is 13.2 Å². The highest BCUT2D eigenvalue weighted by atomic mass is 19.4. The standard InChI is InChI=1S/C35H35F3N4O5/c1-21-16-26-27(35(36,37)38)8-6-24(33(26)47-21)20-46-32-5-3-4-28(40-32)22-10-13-41(14-11-22)19-31-39-29-9-7-23(34(43)44-2)17-30(29)42(31)18-25-12-15-45-25/h3-9,16-17,19,22,25,39H,10-15,18,20H2,1-2H3/t25-/m0/s1. The predicted molar refractivity (Wildman–Crippen MR) is 169 cm³/mol. The van der Waals surface area contributed by atoms with Crippen molar-refractivity contribution in [1.82, 2.24) is 9.88 Å². The van der Waals surface area contributed by atoms with Crippen molar-refractivity contribution >= 4 is 28.3 Å². The van der Waals surface area contributed by atoms with E-state index in [0.29, 0.717) is 29.3 Å². The zero-order valence-corrected chi connectivity index (χ0v) is 26.1. The SMILES string of the molecule is COC(=O)c1ccc2c(c1)N(C[C@@H]1CCO1)C(=CN1CCC(c3cccc(OCc4ccc(C(F)(F)F)c5cc(C)oc45)n3)CC1)N2. The van der Waals surface area contributed by atoms with Gasteiger partial charge in [-0.15, -0.1) is 0 Å². The maximum absolute atomic E-state index is 13.5. The molecule has 2 fully saturated rings. The van der Waals surface area contributed by atoms with Crippen LogP contribution < -0.4 is 15.0 Å². The number of ether oxygens (including phenoxy) is 3. The Morgan fingerprint density at radius 2 is 1.91 bits per heavy atom. The van der Waals surface area contributed by atoms with Gasteiger partial charge in [0, 0.05) is 54.5 Å². The van der Waals surface area contributed by atoms with E-state index in [1.54, 1.807) is 19.1 Å². The number of carbonyl (C=O) groups excluding carboxylic acids is 1. The average Bonchev–Trinajstić information content (AvgIpc) is 3.60. The van der Waals surface area contributed by atoms with Crippen molar-refractivity contribution in [2.45, 2.75) is 51.0 Å². The summed E-state index contributed by atoms with van der Waals surface area (Å²) in [6.45, 7) is 4.74. The Kier molecular flexibility index (Phi) is 8.21. The van der Waals surface area contributed by atoms with Gasteiger partial charge in [0.2, 0.25) is 5.88 Å². The summed E-state index contributed by atoms with van der Waals surface area (Å²) in [5.74, 6) is 1.61. The number of nitrogens with zero attached hydrogens (tertiary/aromatic N) is 3. The van der Waals surface area contributed by atoms with Crippen molar-refractivity contribution in [2.75, 3.05) is 43.6 Å². The number of rotatable bonds is 8. The Labute approximate surface area is 269 Å². The van der Waals surface area contributed by atoms with E-state index in [-0.39, 0.29) is 35.6 Å². The fourth-order valence-corrected chi connectivity index (χ4v) is 6.42. The number of halogens is 3. The Hall–Kier alpha value is -4.71. The summed E-state index contributed by atoms with van der Waals surface area (Å²) in [4.78, 5) is 21.4. The molecule has 0 amide bonds. The maximum Gasteiger partial charge on any atom is 0.417 e. The van der Waals surface area contributed by atoms with Crippen molar-refractivity contribution in [2.24, 2.45) is 0 Å². The first-order valence-corrected chi connectivity index (χ1v) is 15.7. The number of aromatic nitrogens is 1. The number of alkyl halides is 3. The second kappa shape index (κ2) is 12.5. The lowest BCUT2D eigenvalue weighted by Gasteiger charge is -2.34. The molecule has 0 aliphatic carbocycles. The minimum Gasteiger partial charge on any atom is -0.473 e. The topological polar surface area (TPSA) is 89.3 Å². The first-order valence-electron chi connectivity index (χ1n) is 15.7. The lowest BCUT2D eigenvalue weighted by molar-refractivity contribution is -0.136. The monoisotopic (exact) mass is 648 g/mol. The highest BCUT2D eigenvalue weighted by molar-refractivity contribution is 5.94. The van der Waals surface area contributed by atoms with E-state index in [2.05, 4.69) is 21.3 Å². The molecule has 5 heterocycles. The number of pyridine rings is 1. The number of nitrogens with one attached hydrogen (secondary N) is 1. The fraction of sp³-hybridized carbons (Fsp3) is 0.371. The Morgan fingerprint density at radius 1 is 1.11 bits per heavy atom. The third-order valence-corrected chi connectivity index (χ3v) is 9.01. The van der Waals surface area contributed by atoms with E-state index >= 15 is 0 Å². The van der Waals surface area contributed by atoms with E-state index in [9.17, 15) is 18.0 Å². The molecular formula is C35H35F3N4O5. The molecule has 0 bridgehead atoms. The molecule has 47 heavy (non-hydrogen) atoms. The van der Waals surface area contributed by atoms with Crippen molar-refractivity contribution in [1.29, 1.82) is 0 Å². The molecule has 0 saturated carbocycles.